The second-order valence-electron chi connectivity index (χ2n) is 2.99. The fourth-order valence-electron chi connectivity index (χ4n) is 1.31. The molecule has 0 bridgehead atoms. The van der Waals surface area contributed by atoms with Gasteiger partial charge in [-0.15, -0.1) is 0 Å². The van der Waals surface area contributed by atoms with Crippen molar-refractivity contribution in [3.63, 3.8) is 0 Å². The SMILES string of the molecule is CCOC(=O)CCN1C(=O)CCC1=O. The van der Waals surface area contributed by atoms with Gasteiger partial charge in [0.2, 0.25) is 11.8 Å². The third kappa shape index (κ3) is 2.55. The smallest absolute Gasteiger partial charge is 0.307 e. The zero-order chi connectivity index (χ0) is 10.6. The Labute approximate surface area is 82.0 Å². The van der Waals surface area contributed by atoms with Gasteiger partial charge in [-0.2, -0.15) is 0 Å². The number of carbonyl (C=O) groups is 3. The summed E-state index contributed by atoms with van der Waals surface area (Å²) in [7, 11) is 0. The number of ether oxygens (including phenoxy) is 1. The maximum absolute atomic E-state index is 11.1. The maximum atomic E-state index is 11.1. The highest BCUT2D eigenvalue weighted by Crippen LogP contribution is 2.11. The first kappa shape index (κ1) is 10.7. The Morgan fingerprint density at radius 2 is 1.93 bits per heavy atom. The van der Waals surface area contributed by atoms with Crippen LogP contribution < -0.4 is 0 Å². The first-order valence-corrected chi connectivity index (χ1v) is 4.64. The second-order valence-corrected chi connectivity index (χ2v) is 2.99. The predicted molar refractivity (Wildman–Crippen MR) is 47.2 cm³/mol. The minimum absolute atomic E-state index is 0.0886. The standard InChI is InChI=1S/C9H13NO4/c1-2-14-9(13)5-6-10-7(11)3-4-8(10)12/h2-6H2,1H3. The van der Waals surface area contributed by atoms with Crippen LogP contribution in [0.4, 0.5) is 0 Å². The molecular formula is C9H13NO4. The van der Waals surface area contributed by atoms with Gasteiger partial charge in [-0.05, 0) is 6.92 Å². The lowest BCUT2D eigenvalue weighted by Gasteiger charge is -2.12. The number of imide groups is 1. The zero-order valence-corrected chi connectivity index (χ0v) is 8.12. The molecule has 14 heavy (non-hydrogen) atoms. The number of carbonyl (C=O) groups excluding carboxylic acids is 3. The van der Waals surface area contributed by atoms with Crippen molar-refractivity contribution in [3.05, 3.63) is 0 Å². The highest BCUT2D eigenvalue weighted by Gasteiger charge is 2.28. The van der Waals surface area contributed by atoms with Gasteiger partial charge >= 0.3 is 5.97 Å². The summed E-state index contributed by atoms with van der Waals surface area (Å²) in [5.41, 5.74) is 0. The summed E-state index contributed by atoms with van der Waals surface area (Å²) in [4.78, 5) is 34.3. The molecule has 1 rings (SSSR count). The summed E-state index contributed by atoms with van der Waals surface area (Å²) in [6, 6.07) is 0. The van der Waals surface area contributed by atoms with E-state index >= 15 is 0 Å². The van der Waals surface area contributed by atoms with Crippen LogP contribution in [0.1, 0.15) is 26.2 Å². The first-order valence-electron chi connectivity index (χ1n) is 4.64. The topological polar surface area (TPSA) is 63.7 Å². The molecule has 0 aromatic heterocycles. The van der Waals surface area contributed by atoms with Crippen molar-refractivity contribution >= 4 is 17.8 Å². The Morgan fingerprint density at radius 1 is 1.36 bits per heavy atom. The van der Waals surface area contributed by atoms with E-state index in [2.05, 4.69) is 4.74 Å². The Balaban J connectivity index is 2.33. The molecule has 0 aromatic rings. The van der Waals surface area contributed by atoms with Crippen molar-refractivity contribution in [3.8, 4) is 0 Å². The van der Waals surface area contributed by atoms with Crippen LogP contribution in [0.25, 0.3) is 0 Å². The fourth-order valence-corrected chi connectivity index (χ4v) is 1.31. The minimum Gasteiger partial charge on any atom is -0.466 e. The van der Waals surface area contributed by atoms with Crippen molar-refractivity contribution in [2.75, 3.05) is 13.2 Å². The number of esters is 1. The quantitative estimate of drug-likeness (QED) is 0.475. The van der Waals surface area contributed by atoms with Crippen LogP contribution in [0.3, 0.4) is 0 Å². The zero-order valence-electron chi connectivity index (χ0n) is 8.12. The number of hydrogen-bond acceptors (Lipinski definition) is 4. The number of likely N-dealkylation sites (tertiary alicyclic amines) is 1. The molecule has 1 aliphatic heterocycles. The third-order valence-corrected chi connectivity index (χ3v) is 2.00. The van der Waals surface area contributed by atoms with Crippen molar-refractivity contribution in [1.82, 2.24) is 4.90 Å². The van der Waals surface area contributed by atoms with Crippen LogP contribution in [-0.2, 0) is 19.1 Å². The molecule has 1 aliphatic rings. The van der Waals surface area contributed by atoms with Crippen molar-refractivity contribution < 1.29 is 19.1 Å². The highest BCUT2D eigenvalue weighted by molar-refractivity contribution is 6.02. The average molecular weight is 199 g/mol. The number of amides is 2. The molecule has 0 atom stereocenters. The lowest BCUT2D eigenvalue weighted by Crippen LogP contribution is -2.31. The van der Waals surface area contributed by atoms with Gasteiger partial charge in [-0.25, -0.2) is 0 Å². The van der Waals surface area contributed by atoms with Crippen LogP contribution in [-0.4, -0.2) is 35.8 Å². The molecule has 0 unspecified atom stereocenters. The lowest BCUT2D eigenvalue weighted by molar-refractivity contribution is -0.144. The van der Waals surface area contributed by atoms with Gasteiger partial charge in [0, 0.05) is 19.4 Å². The summed E-state index contributed by atoms with van der Waals surface area (Å²) in [5, 5.41) is 0. The normalized spacial score (nSPS) is 16.2. The maximum Gasteiger partial charge on any atom is 0.307 e. The molecule has 0 aromatic carbocycles. The molecule has 1 fully saturated rings. The third-order valence-electron chi connectivity index (χ3n) is 2.00. The minimum atomic E-state index is -0.375. The van der Waals surface area contributed by atoms with E-state index in [9.17, 15) is 14.4 Å². The van der Waals surface area contributed by atoms with E-state index in [0.717, 1.165) is 4.90 Å². The number of hydrogen-bond donors (Lipinski definition) is 0. The molecule has 0 N–H and O–H groups in total. The van der Waals surface area contributed by atoms with Gasteiger partial charge in [-0.3, -0.25) is 19.3 Å². The average Bonchev–Trinajstić information content (AvgIpc) is 2.44. The monoisotopic (exact) mass is 199 g/mol. The van der Waals surface area contributed by atoms with Crippen molar-refractivity contribution in [2.45, 2.75) is 26.2 Å². The van der Waals surface area contributed by atoms with Crippen molar-refractivity contribution in [2.24, 2.45) is 0 Å². The van der Waals surface area contributed by atoms with Gasteiger partial charge in [0.25, 0.3) is 0 Å². The Bertz CT molecular complexity index is 246. The summed E-state index contributed by atoms with van der Waals surface area (Å²) in [6.07, 6.45) is 0.620. The molecule has 1 saturated heterocycles. The molecule has 0 aliphatic carbocycles. The van der Waals surface area contributed by atoms with Crippen LogP contribution in [0, 0.1) is 0 Å². The van der Waals surface area contributed by atoms with Gasteiger partial charge in [-0.1, -0.05) is 0 Å². The second kappa shape index (κ2) is 4.74. The van der Waals surface area contributed by atoms with Crippen LogP contribution in [0.15, 0.2) is 0 Å². The number of rotatable bonds is 4. The summed E-state index contributed by atoms with van der Waals surface area (Å²) in [5.74, 6) is -0.765. The Kier molecular flexibility index (Phi) is 3.62. The van der Waals surface area contributed by atoms with E-state index in [1.54, 1.807) is 6.92 Å². The van der Waals surface area contributed by atoms with Gasteiger partial charge < -0.3 is 4.74 Å². The van der Waals surface area contributed by atoms with E-state index in [4.69, 9.17) is 0 Å². The van der Waals surface area contributed by atoms with Crippen LogP contribution in [0.2, 0.25) is 0 Å². The summed E-state index contributed by atoms with van der Waals surface area (Å²) >= 11 is 0. The van der Waals surface area contributed by atoms with E-state index in [1.807, 2.05) is 0 Å². The predicted octanol–water partition coefficient (Wildman–Crippen LogP) is 0.0886. The van der Waals surface area contributed by atoms with Crippen LogP contribution >= 0.6 is 0 Å². The molecule has 5 nitrogen and oxygen atoms in total. The van der Waals surface area contributed by atoms with Crippen LogP contribution in [0.5, 0.6) is 0 Å². The van der Waals surface area contributed by atoms with E-state index in [-0.39, 0.29) is 43.6 Å². The van der Waals surface area contributed by atoms with Gasteiger partial charge in [0.1, 0.15) is 0 Å². The molecule has 0 saturated carbocycles. The molecule has 1 heterocycles. The molecule has 2 amide bonds. The molecular weight excluding hydrogens is 186 g/mol. The Morgan fingerprint density at radius 3 is 2.43 bits per heavy atom. The number of nitrogens with zero attached hydrogens (tertiary/aromatic N) is 1. The highest BCUT2D eigenvalue weighted by atomic mass is 16.5. The molecule has 0 spiro atoms. The van der Waals surface area contributed by atoms with Gasteiger partial charge in [0.05, 0.1) is 13.0 Å². The Hall–Kier alpha value is -1.39. The van der Waals surface area contributed by atoms with E-state index in [1.165, 1.54) is 0 Å². The van der Waals surface area contributed by atoms with Crippen molar-refractivity contribution in [1.29, 1.82) is 0 Å². The van der Waals surface area contributed by atoms with E-state index in [0.29, 0.717) is 6.61 Å². The van der Waals surface area contributed by atoms with E-state index < -0.39 is 0 Å². The summed E-state index contributed by atoms with van der Waals surface area (Å²) < 4.78 is 4.68. The summed E-state index contributed by atoms with van der Waals surface area (Å²) in [6.45, 7) is 2.18. The molecule has 78 valence electrons. The lowest BCUT2D eigenvalue weighted by atomic mass is 10.4. The first-order chi connectivity index (χ1) is 6.65. The molecule has 0 radical (unpaired) electrons. The fraction of sp³-hybridized carbons (Fsp3) is 0.667. The van der Waals surface area contributed by atoms with Gasteiger partial charge in [0.15, 0.2) is 0 Å². The largest absolute Gasteiger partial charge is 0.466 e. The molecule has 5 heteroatoms.